The number of carbonyl (C=O) groups is 1. The molecule has 1 amide bonds. The van der Waals surface area contributed by atoms with Crippen LogP contribution in [0.25, 0.3) is 10.9 Å². The number of aromatic nitrogens is 1. The van der Waals surface area contributed by atoms with Gasteiger partial charge < -0.3 is 14.6 Å². The van der Waals surface area contributed by atoms with Crippen molar-refractivity contribution in [3.63, 3.8) is 0 Å². The van der Waals surface area contributed by atoms with Gasteiger partial charge in [-0.25, -0.2) is 0 Å². The van der Waals surface area contributed by atoms with E-state index in [1.807, 2.05) is 25.4 Å². The van der Waals surface area contributed by atoms with E-state index >= 15 is 0 Å². The fourth-order valence-corrected chi connectivity index (χ4v) is 2.83. The van der Waals surface area contributed by atoms with Crippen molar-refractivity contribution in [3.05, 3.63) is 36.0 Å². The number of hydrogen-bond donors (Lipinski definition) is 1. The minimum atomic E-state index is 0.0665. The molecule has 20 heavy (non-hydrogen) atoms. The van der Waals surface area contributed by atoms with E-state index in [1.54, 1.807) is 0 Å². The molecule has 0 saturated carbocycles. The summed E-state index contributed by atoms with van der Waals surface area (Å²) in [6.07, 6.45) is 4.81. The number of carbonyl (C=O) groups excluding carboxylic acids is 1. The van der Waals surface area contributed by atoms with Gasteiger partial charge in [-0.1, -0.05) is 18.2 Å². The minimum Gasteiger partial charge on any atom is -0.376 e. The summed E-state index contributed by atoms with van der Waals surface area (Å²) in [5, 5.41) is 4.13. The average molecular weight is 272 g/mol. The molecule has 0 aliphatic carbocycles. The summed E-state index contributed by atoms with van der Waals surface area (Å²) in [7, 11) is 2.01. The van der Waals surface area contributed by atoms with Gasteiger partial charge in [-0.2, -0.15) is 0 Å². The second kappa shape index (κ2) is 5.67. The Morgan fingerprint density at radius 1 is 1.45 bits per heavy atom. The summed E-state index contributed by atoms with van der Waals surface area (Å²) in [6, 6.07) is 8.17. The van der Waals surface area contributed by atoms with Crippen LogP contribution in [0.2, 0.25) is 0 Å². The van der Waals surface area contributed by atoms with Crippen molar-refractivity contribution in [2.24, 2.45) is 7.05 Å². The summed E-state index contributed by atoms with van der Waals surface area (Å²) >= 11 is 0. The fourth-order valence-electron chi connectivity index (χ4n) is 2.83. The zero-order chi connectivity index (χ0) is 13.9. The highest BCUT2D eigenvalue weighted by atomic mass is 16.5. The Hall–Kier alpha value is -1.81. The van der Waals surface area contributed by atoms with Crippen molar-refractivity contribution in [2.75, 3.05) is 13.2 Å². The van der Waals surface area contributed by atoms with Crippen molar-refractivity contribution in [1.29, 1.82) is 0 Å². The van der Waals surface area contributed by atoms with Gasteiger partial charge in [0.25, 0.3) is 0 Å². The second-order valence-electron chi connectivity index (χ2n) is 5.40. The Kier molecular flexibility index (Phi) is 3.74. The molecule has 4 heteroatoms. The Bertz CT molecular complexity index is 612. The van der Waals surface area contributed by atoms with Crippen molar-refractivity contribution in [2.45, 2.75) is 25.4 Å². The smallest absolute Gasteiger partial charge is 0.224 e. The highest BCUT2D eigenvalue weighted by Gasteiger charge is 2.17. The number of nitrogens with one attached hydrogen (secondary N) is 1. The third kappa shape index (κ3) is 2.70. The van der Waals surface area contributed by atoms with Crippen LogP contribution in [0.4, 0.5) is 0 Å². The topological polar surface area (TPSA) is 43.3 Å². The molecule has 1 aliphatic rings. The van der Waals surface area contributed by atoms with Gasteiger partial charge in [0.2, 0.25) is 5.91 Å². The number of amides is 1. The molecule has 2 heterocycles. The lowest BCUT2D eigenvalue weighted by Gasteiger charge is -2.10. The van der Waals surface area contributed by atoms with E-state index in [-0.39, 0.29) is 12.0 Å². The molecule has 1 aliphatic heterocycles. The maximum Gasteiger partial charge on any atom is 0.224 e. The summed E-state index contributed by atoms with van der Waals surface area (Å²) in [5.41, 5.74) is 2.24. The molecule has 0 radical (unpaired) electrons. The van der Waals surface area contributed by atoms with Gasteiger partial charge in [0.15, 0.2) is 0 Å². The SMILES string of the molecule is Cn1cc(CC(=O)NCC2CCCO2)c2ccccc21. The van der Waals surface area contributed by atoms with Crippen molar-refractivity contribution >= 4 is 16.8 Å². The predicted molar refractivity (Wildman–Crippen MR) is 78.6 cm³/mol. The van der Waals surface area contributed by atoms with Gasteiger partial charge in [-0.15, -0.1) is 0 Å². The summed E-state index contributed by atoms with van der Waals surface area (Å²) in [4.78, 5) is 12.0. The molecule has 1 fully saturated rings. The molecule has 1 unspecified atom stereocenters. The summed E-state index contributed by atoms with van der Waals surface area (Å²) in [6.45, 7) is 1.45. The zero-order valence-electron chi connectivity index (χ0n) is 11.8. The van der Waals surface area contributed by atoms with E-state index in [1.165, 1.54) is 0 Å². The van der Waals surface area contributed by atoms with Crippen LogP contribution in [-0.2, 0) is 23.0 Å². The van der Waals surface area contributed by atoms with Gasteiger partial charge >= 0.3 is 0 Å². The highest BCUT2D eigenvalue weighted by Crippen LogP contribution is 2.20. The first-order chi connectivity index (χ1) is 9.74. The summed E-state index contributed by atoms with van der Waals surface area (Å²) < 4.78 is 7.58. The second-order valence-corrected chi connectivity index (χ2v) is 5.40. The van der Waals surface area contributed by atoms with E-state index in [4.69, 9.17) is 4.74 Å². The number of aryl methyl sites for hydroxylation is 1. The number of benzene rings is 1. The molecular formula is C16H20N2O2. The number of fused-ring (bicyclic) bond motifs is 1. The Morgan fingerprint density at radius 2 is 2.30 bits per heavy atom. The third-order valence-corrected chi connectivity index (χ3v) is 3.88. The molecule has 0 spiro atoms. The Labute approximate surface area is 118 Å². The van der Waals surface area contributed by atoms with Crippen LogP contribution in [0, 0.1) is 0 Å². The lowest BCUT2D eigenvalue weighted by atomic mass is 10.1. The zero-order valence-corrected chi connectivity index (χ0v) is 11.8. The molecule has 3 rings (SSSR count). The number of nitrogens with zero attached hydrogens (tertiary/aromatic N) is 1. The number of para-hydroxylation sites is 1. The number of rotatable bonds is 4. The molecule has 0 bridgehead atoms. The number of hydrogen-bond acceptors (Lipinski definition) is 2. The van der Waals surface area contributed by atoms with E-state index < -0.39 is 0 Å². The standard InChI is InChI=1S/C16H20N2O2/c1-18-11-12(14-6-2-3-7-15(14)18)9-16(19)17-10-13-5-4-8-20-13/h2-3,6-7,11,13H,4-5,8-10H2,1H3,(H,17,19). The first kappa shape index (κ1) is 13.2. The first-order valence-electron chi connectivity index (χ1n) is 7.15. The lowest BCUT2D eigenvalue weighted by Crippen LogP contribution is -2.32. The molecule has 2 aromatic rings. The van der Waals surface area contributed by atoms with Crippen LogP contribution >= 0.6 is 0 Å². The molecule has 1 N–H and O–H groups in total. The lowest BCUT2D eigenvalue weighted by molar-refractivity contribution is -0.120. The van der Waals surface area contributed by atoms with Crippen molar-refractivity contribution in [1.82, 2.24) is 9.88 Å². The van der Waals surface area contributed by atoms with Gasteiger partial charge in [0, 0.05) is 37.3 Å². The quantitative estimate of drug-likeness (QED) is 0.925. The molecule has 1 aromatic carbocycles. The predicted octanol–water partition coefficient (Wildman–Crippen LogP) is 2.02. The van der Waals surface area contributed by atoms with Gasteiger partial charge in [-0.3, -0.25) is 4.79 Å². The van der Waals surface area contributed by atoms with E-state index in [0.717, 1.165) is 35.9 Å². The largest absolute Gasteiger partial charge is 0.376 e. The van der Waals surface area contributed by atoms with Crippen LogP contribution in [0.5, 0.6) is 0 Å². The van der Waals surface area contributed by atoms with Gasteiger partial charge in [-0.05, 0) is 24.5 Å². The van der Waals surface area contributed by atoms with Crippen LogP contribution in [0.1, 0.15) is 18.4 Å². The maximum atomic E-state index is 12.0. The van der Waals surface area contributed by atoms with Gasteiger partial charge in [0.05, 0.1) is 12.5 Å². The van der Waals surface area contributed by atoms with E-state index in [9.17, 15) is 4.79 Å². The highest BCUT2D eigenvalue weighted by molar-refractivity contribution is 5.89. The first-order valence-corrected chi connectivity index (χ1v) is 7.15. The summed E-state index contributed by atoms with van der Waals surface area (Å²) in [5.74, 6) is 0.0665. The molecule has 4 nitrogen and oxygen atoms in total. The van der Waals surface area contributed by atoms with Crippen LogP contribution in [-0.4, -0.2) is 29.7 Å². The van der Waals surface area contributed by atoms with Crippen LogP contribution in [0.3, 0.4) is 0 Å². The van der Waals surface area contributed by atoms with E-state index in [0.29, 0.717) is 13.0 Å². The molecule has 106 valence electrons. The molecule has 1 aromatic heterocycles. The maximum absolute atomic E-state index is 12.0. The Morgan fingerprint density at radius 3 is 3.10 bits per heavy atom. The van der Waals surface area contributed by atoms with Crippen molar-refractivity contribution < 1.29 is 9.53 Å². The third-order valence-electron chi connectivity index (χ3n) is 3.88. The van der Waals surface area contributed by atoms with Crippen LogP contribution in [0.15, 0.2) is 30.5 Å². The minimum absolute atomic E-state index is 0.0665. The molecular weight excluding hydrogens is 252 g/mol. The van der Waals surface area contributed by atoms with Crippen LogP contribution < -0.4 is 5.32 Å². The molecule has 1 saturated heterocycles. The van der Waals surface area contributed by atoms with E-state index in [2.05, 4.69) is 22.0 Å². The Balaban J connectivity index is 1.65. The number of ether oxygens (including phenoxy) is 1. The monoisotopic (exact) mass is 272 g/mol. The van der Waals surface area contributed by atoms with Gasteiger partial charge in [0.1, 0.15) is 0 Å². The van der Waals surface area contributed by atoms with Crippen molar-refractivity contribution in [3.8, 4) is 0 Å². The fraction of sp³-hybridized carbons (Fsp3) is 0.438. The normalized spacial score (nSPS) is 18.6. The molecule has 1 atom stereocenters. The average Bonchev–Trinajstić information content (AvgIpc) is 3.07.